The van der Waals surface area contributed by atoms with E-state index >= 15 is 0 Å². The molecule has 2 aromatic heterocycles. The Bertz CT molecular complexity index is 1110. The van der Waals surface area contributed by atoms with Crippen LogP contribution in [-0.2, 0) is 6.54 Å². The van der Waals surface area contributed by atoms with Crippen molar-refractivity contribution in [3.05, 3.63) is 47.5 Å². The Morgan fingerprint density at radius 1 is 1.13 bits per heavy atom. The second-order valence-corrected chi connectivity index (χ2v) is 8.21. The molecule has 0 radical (unpaired) electrons. The average Bonchev–Trinajstić information content (AvgIpc) is 3.32. The molecule has 2 aliphatic rings. The van der Waals surface area contributed by atoms with Crippen molar-refractivity contribution in [3.63, 3.8) is 0 Å². The van der Waals surface area contributed by atoms with Crippen molar-refractivity contribution in [2.75, 3.05) is 23.8 Å². The van der Waals surface area contributed by atoms with Crippen molar-refractivity contribution in [1.82, 2.24) is 19.5 Å². The van der Waals surface area contributed by atoms with E-state index in [4.69, 9.17) is 5.11 Å². The van der Waals surface area contributed by atoms with Gasteiger partial charge in [0.15, 0.2) is 5.65 Å². The molecule has 0 spiro atoms. The minimum Gasteiger partial charge on any atom is -0.395 e. The molecule has 0 unspecified atom stereocenters. The first kappa shape index (κ1) is 19.8. The highest BCUT2D eigenvalue weighted by Gasteiger charge is 2.27. The first-order valence-electron chi connectivity index (χ1n) is 10.7. The van der Waals surface area contributed by atoms with Crippen molar-refractivity contribution in [3.8, 4) is 0 Å². The van der Waals surface area contributed by atoms with Gasteiger partial charge in [-0.2, -0.15) is 9.50 Å². The monoisotopic (exact) mass is 422 g/mol. The number of anilines is 3. The molecule has 31 heavy (non-hydrogen) atoms. The number of fused-ring (bicyclic) bond motifs is 2. The maximum absolute atomic E-state index is 12.5. The predicted molar refractivity (Wildman–Crippen MR) is 116 cm³/mol. The maximum Gasteiger partial charge on any atom is 0.254 e. The Morgan fingerprint density at radius 2 is 1.97 bits per heavy atom. The van der Waals surface area contributed by atoms with Gasteiger partial charge in [0.05, 0.1) is 12.7 Å². The smallest absolute Gasteiger partial charge is 0.254 e. The number of carbonyl (C=O) groups excluding carboxylic acids is 1. The summed E-state index contributed by atoms with van der Waals surface area (Å²) in [6.07, 6.45) is 3.28. The molecule has 9 nitrogen and oxygen atoms in total. The van der Waals surface area contributed by atoms with Gasteiger partial charge < -0.3 is 25.7 Å². The Morgan fingerprint density at radius 3 is 2.77 bits per heavy atom. The number of hydrogen-bond acceptors (Lipinski definition) is 7. The highest BCUT2D eigenvalue weighted by molar-refractivity contribution is 5.99. The van der Waals surface area contributed by atoms with Gasteiger partial charge in [-0.05, 0) is 55.5 Å². The van der Waals surface area contributed by atoms with Gasteiger partial charge in [0.25, 0.3) is 5.91 Å². The predicted octanol–water partition coefficient (Wildman–Crippen LogP) is 2.14. The van der Waals surface area contributed by atoms with E-state index in [1.54, 1.807) is 9.42 Å². The number of carbonyl (C=O) groups is 1. The van der Waals surface area contributed by atoms with Gasteiger partial charge in [0, 0.05) is 30.4 Å². The molecule has 0 saturated heterocycles. The number of aromatic nitrogens is 3. The molecule has 1 amide bonds. The molecular formula is C22H26N6O3. The van der Waals surface area contributed by atoms with Crippen molar-refractivity contribution < 1.29 is 15.0 Å². The lowest BCUT2D eigenvalue weighted by Crippen LogP contribution is -2.29. The summed E-state index contributed by atoms with van der Waals surface area (Å²) in [4.78, 5) is 18.7. The van der Waals surface area contributed by atoms with Crippen molar-refractivity contribution in [1.29, 1.82) is 0 Å². The largest absolute Gasteiger partial charge is 0.395 e. The van der Waals surface area contributed by atoms with Crippen LogP contribution in [0, 0.1) is 0 Å². The van der Waals surface area contributed by atoms with E-state index in [0.717, 1.165) is 48.4 Å². The standard InChI is InChI=1S/C22H26N6O3/c29-11-10-27-13-14-4-5-16(12-18(14)21(27)31)24-22-25-20-3-1-2-19(28(20)26-22)23-15-6-8-17(30)9-7-15/h1-5,12,15,17,23,29-30H,6-11,13H2,(H,24,26)/t15-,17+. The number of nitrogens with one attached hydrogen (secondary N) is 2. The molecule has 3 aromatic rings. The van der Waals surface area contributed by atoms with Crippen LogP contribution < -0.4 is 10.6 Å². The molecule has 0 bridgehead atoms. The van der Waals surface area contributed by atoms with Crippen LogP contribution in [0.1, 0.15) is 41.6 Å². The van der Waals surface area contributed by atoms with Gasteiger partial charge in [0.2, 0.25) is 5.95 Å². The number of aliphatic hydroxyl groups excluding tert-OH is 2. The van der Waals surface area contributed by atoms with E-state index < -0.39 is 0 Å². The molecular weight excluding hydrogens is 396 g/mol. The molecule has 1 saturated carbocycles. The number of nitrogens with zero attached hydrogens (tertiary/aromatic N) is 4. The summed E-state index contributed by atoms with van der Waals surface area (Å²) < 4.78 is 1.77. The number of benzene rings is 1. The number of amides is 1. The summed E-state index contributed by atoms with van der Waals surface area (Å²) >= 11 is 0. The lowest BCUT2D eigenvalue weighted by Gasteiger charge is -2.26. The Hall–Kier alpha value is -3.17. The van der Waals surface area contributed by atoms with Crippen molar-refractivity contribution in [2.24, 2.45) is 0 Å². The third kappa shape index (κ3) is 3.94. The fourth-order valence-electron chi connectivity index (χ4n) is 4.37. The lowest BCUT2D eigenvalue weighted by molar-refractivity contribution is 0.0745. The van der Waals surface area contributed by atoms with E-state index in [0.29, 0.717) is 30.6 Å². The number of pyridine rings is 1. The molecule has 1 aliphatic carbocycles. The number of rotatable bonds is 6. The third-order valence-corrected chi connectivity index (χ3v) is 6.02. The number of β-amino-alcohol motifs (C(OH)–C–C–N with tert-alkyl or cyclic N) is 1. The van der Waals surface area contributed by atoms with E-state index in [2.05, 4.69) is 20.7 Å². The molecule has 9 heteroatoms. The molecule has 5 rings (SSSR count). The van der Waals surface area contributed by atoms with Crippen LogP contribution >= 0.6 is 0 Å². The van der Waals surface area contributed by atoms with Gasteiger partial charge in [0.1, 0.15) is 5.82 Å². The summed E-state index contributed by atoms with van der Waals surface area (Å²) in [6.45, 7) is 0.808. The zero-order valence-electron chi connectivity index (χ0n) is 17.2. The van der Waals surface area contributed by atoms with Crippen LogP contribution in [0.25, 0.3) is 5.65 Å². The first-order chi connectivity index (χ1) is 15.1. The van der Waals surface area contributed by atoms with E-state index in [-0.39, 0.29) is 18.6 Å². The Balaban J connectivity index is 1.35. The van der Waals surface area contributed by atoms with Crippen LogP contribution in [0.15, 0.2) is 36.4 Å². The number of aliphatic hydroxyl groups is 2. The summed E-state index contributed by atoms with van der Waals surface area (Å²) in [5.41, 5.74) is 3.06. The zero-order valence-corrected chi connectivity index (χ0v) is 17.2. The van der Waals surface area contributed by atoms with E-state index in [9.17, 15) is 9.90 Å². The molecule has 1 aliphatic heterocycles. The van der Waals surface area contributed by atoms with Crippen LogP contribution in [0.3, 0.4) is 0 Å². The fourth-order valence-corrected chi connectivity index (χ4v) is 4.37. The van der Waals surface area contributed by atoms with Crippen LogP contribution in [0.5, 0.6) is 0 Å². The van der Waals surface area contributed by atoms with Gasteiger partial charge >= 0.3 is 0 Å². The lowest BCUT2D eigenvalue weighted by atomic mass is 9.93. The molecule has 162 valence electrons. The summed E-state index contributed by atoms with van der Waals surface area (Å²) in [5, 5.41) is 30.2. The fraction of sp³-hybridized carbons (Fsp3) is 0.409. The maximum atomic E-state index is 12.5. The van der Waals surface area contributed by atoms with Crippen LogP contribution in [0.2, 0.25) is 0 Å². The molecule has 1 aromatic carbocycles. The van der Waals surface area contributed by atoms with Gasteiger partial charge in [-0.25, -0.2) is 0 Å². The van der Waals surface area contributed by atoms with Crippen molar-refractivity contribution in [2.45, 2.75) is 44.4 Å². The average molecular weight is 422 g/mol. The van der Waals surface area contributed by atoms with Gasteiger partial charge in [-0.1, -0.05) is 12.1 Å². The summed E-state index contributed by atoms with van der Waals surface area (Å²) in [6, 6.07) is 11.8. The molecule has 1 fully saturated rings. The van der Waals surface area contributed by atoms with E-state index in [1.807, 2.05) is 36.4 Å². The van der Waals surface area contributed by atoms with Gasteiger partial charge in [-0.15, -0.1) is 5.10 Å². The minimum absolute atomic E-state index is 0.0478. The minimum atomic E-state index is -0.189. The topological polar surface area (TPSA) is 115 Å². The highest BCUT2D eigenvalue weighted by Crippen LogP contribution is 2.27. The number of hydrogen-bond donors (Lipinski definition) is 4. The third-order valence-electron chi connectivity index (χ3n) is 6.02. The van der Waals surface area contributed by atoms with E-state index in [1.165, 1.54) is 0 Å². The highest BCUT2D eigenvalue weighted by atomic mass is 16.3. The summed E-state index contributed by atoms with van der Waals surface area (Å²) in [7, 11) is 0. The van der Waals surface area contributed by atoms with Gasteiger partial charge in [-0.3, -0.25) is 4.79 Å². The van der Waals surface area contributed by atoms with Crippen LogP contribution in [0.4, 0.5) is 17.5 Å². The summed E-state index contributed by atoms with van der Waals surface area (Å²) in [5.74, 6) is 1.24. The van der Waals surface area contributed by atoms with Crippen molar-refractivity contribution >= 4 is 29.0 Å². The SMILES string of the molecule is O=C1c2cc(Nc3nc4cccc(N[C@H]5CC[C@@H](O)CC5)n4n3)ccc2CN1CCO. The second-order valence-electron chi connectivity index (χ2n) is 8.21. The Labute approximate surface area is 179 Å². The zero-order chi connectivity index (χ0) is 21.4. The van der Waals surface area contributed by atoms with Crippen LogP contribution in [-0.4, -0.2) is 60.9 Å². The molecule has 3 heterocycles. The Kier molecular flexibility index (Phi) is 5.21. The second kappa shape index (κ2) is 8.16. The quantitative estimate of drug-likeness (QED) is 0.481. The first-order valence-corrected chi connectivity index (χ1v) is 10.7. The normalized spacial score (nSPS) is 20.8. The molecule has 0 atom stereocenters. The molecule has 4 N–H and O–H groups in total.